The highest BCUT2D eigenvalue weighted by Crippen LogP contribution is 2.47. The Bertz CT molecular complexity index is 1440. The molecule has 1 amide bonds. The quantitative estimate of drug-likeness (QED) is 0.241. The lowest BCUT2D eigenvalue weighted by Gasteiger charge is -2.48. The normalized spacial score (nSPS) is 17.5. The summed E-state index contributed by atoms with van der Waals surface area (Å²) in [5, 5.41) is 10.7. The predicted octanol–water partition coefficient (Wildman–Crippen LogP) is 6.87. The molecule has 4 aromatic carbocycles. The van der Waals surface area contributed by atoms with E-state index in [-0.39, 0.29) is 29.5 Å². The van der Waals surface area contributed by atoms with E-state index in [0.29, 0.717) is 35.6 Å². The van der Waals surface area contributed by atoms with E-state index < -0.39 is 6.10 Å². The van der Waals surface area contributed by atoms with Gasteiger partial charge in [-0.1, -0.05) is 48.5 Å². The van der Waals surface area contributed by atoms with Crippen LogP contribution in [0.2, 0.25) is 0 Å². The second kappa shape index (κ2) is 11.3. The molecule has 1 saturated heterocycles. The number of aliphatic hydroxyl groups excluding tert-OH is 1. The average molecular weight is 530 g/mol. The maximum atomic E-state index is 13.6. The Hall–Kier alpha value is -4.23. The number of amides is 1. The molecule has 0 spiro atoms. The molecule has 200 valence electrons. The number of β-lactam (4-membered cyclic amide) rings is 1. The molecule has 4 aromatic rings. The van der Waals surface area contributed by atoms with Crippen LogP contribution in [-0.4, -0.2) is 25.2 Å². The van der Waals surface area contributed by atoms with E-state index in [1.54, 1.807) is 43.4 Å². The zero-order chi connectivity index (χ0) is 27.5. The summed E-state index contributed by atoms with van der Waals surface area (Å²) < 4.78 is 37.9. The molecular weight excluding hydrogens is 500 g/mol. The molecule has 0 saturated carbocycles. The van der Waals surface area contributed by atoms with Crippen LogP contribution in [0, 0.1) is 17.6 Å². The highest BCUT2D eigenvalue weighted by Gasteiger charge is 2.48. The zero-order valence-electron chi connectivity index (χ0n) is 21.7. The van der Waals surface area contributed by atoms with Crippen LogP contribution >= 0.6 is 0 Å². The number of carbonyl (C=O) groups excluding carboxylic acids is 1. The summed E-state index contributed by atoms with van der Waals surface area (Å²) >= 11 is 0. The van der Waals surface area contributed by atoms with Gasteiger partial charge in [-0.3, -0.25) is 4.79 Å². The van der Waals surface area contributed by atoms with Crippen molar-refractivity contribution in [2.45, 2.75) is 25.0 Å². The third-order valence-electron chi connectivity index (χ3n) is 7.29. The standard InChI is InChI=1S/C32H29F2NO4/c1-38-29-5-3-4-26(31(29)39-2)20-6-8-22(9-7-20)30-27(18-19-28(36)21-10-12-23(33)13-11-21)32(37)35(30)25-16-14-24(34)15-17-25/h3-17,27-28,30,36H,18-19H2,1-2H3/t27-,28+,30-/m1/s1. The average Bonchev–Trinajstić information content (AvgIpc) is 2.96. The van der Waals surface area contributed by atoms with Gasteiger partial charge in [0.25, 0.3) is 0 Å². The fraction of sp³-hybridized carbons (Fsp3) is 0.219. The summed E-state index contributed by atoms with van der Waals surface area (Å²) in [5.74, 6) is 0.0564. The van der Waals surface area contributed by atoms with Crippen LogP contribution in [0.5, 0.6) is 11.5 Å². The summed E-state index contributed by atoms with van der Waals surface area (Å²) in [6.07, 6.45) is -0.0399. The van der Waals surface area contributed by atoms with Crippen molar-refractivity contribution in [3.63, 3.8) is 0 Å². The molecule has 0 aromatic heterocycles. The number of aliphatic hydroxyl groups is 1. The molecule has 1 aliphatic rings. The smallest absolute Gasteiger partial charge is 0.233 e. The molecule has 39 heavy (non-hydrogen) atoms. The van der Waals surface area contributed by atoms with Crippen LogP contribution in [-0.2, 0) is 4.79 Å². The Kier molecular flexibility index (Phi) is 7.61. The fourth-order valence-electron chi connectivity index (χ4n) is 5.26. The Morgan fingerprint density at radius 1 is 0.846 bits per heavy atom. The lowest BCUT2D eigenvalue weighted by Crippen LogP contribution is -2.55. The van der Waals surface area contributed by atoms with Crippen LogP contribution in [0.15, 0.2) is 91.0 Å². The molecular formula is C32H29F2NO4. The van der Waals surface area contributed by atoms with E-state index in [2.05, 4.69) is 0 Å². The summed E-state index contributed by atoms with van der Waals surface area (Å²) in [6.45, 7) is 0. The number of carbonyl (C=O) groups is 1. The number of benzene rings is 4. The Balaban J connectivity index is 1.42. The van der Waals surface area contributed by atoms with Gasteiger partial charge in [0, 0.05) is 11.3 Å². The lowest BCUT2D eigenvalue weighted by molar-refractivity contribution is -0.131. The van der Waals surface area contributed by atoms with Gasteiger partial charge in [-0.25, -0.2) is 8.78 Å². The molecule has 1 N–H and O–H groups in total. The monoisotopic (exact) mass is 529 g/mol. The van der Waals surface area contributed by atoms with Crippen molar-refractivity contribution in [3.8, 4) is 22.6 Å². The Morgan fingerprint density at radius 2 is 1.49 bits per heavy atom. The molecule has 0 aliphatic carbocycles. The Morgan fingerprint density at radius 3 is 2.10 bits per heavy atom. The number of rotatable bonds is 9. The number of ether oxygens (including phenoxy) is 2. The van der Waals surface area contributed by atoms with E-state index in [9.17, 15) is 18.7 Å². The second-order valence-corrected chi connectivity index (χ2v) is 9.54. The van der Waals surface area contributed by atoms with Crippen molar-refractivity contribution < 1.29 is 28.2 Å². The fourth-order valence-corrected chi connectivity index (χ4v) is 5.26. The van der Waals surface area contributed by atoms with E-state index in [1.165, 1.54) is 24.3 Å². The summed E-state index contributed by atoms with van der Waals surface area (Å²) in [4.78, 5) is 15.0. The minimum atomic E-state index is -0.818. The first-order valence-corrected chi connectivity index (χ1v) is 12.7. The molecule has 1 heterocycles. The number of hydrogen-bond acceptors (Lipinski definition) is 4. The SMILES string of the molecule is COc1cccc(-c2ccc([C@@H]3[C@@H](CC[C@H](O)c4ccc(F)cc4)C(=O)N3c3ccc(F)cc3)cc2)c1OC. The highest BCUT2D eigenvalue weighted by molar-refractivity contribution is 6.03. The van der Waals surface area contributed by atoms with Gasteiger partial charge in [-0.2, -0.15) is 0 Å². The van der Waals surface area contributed by atoms with Gasteiger partial charge in [0.15, 0.2) is 11.5 Å². The highest BCUT2D eigenvalue weighted by atomic mass is 19.1. The number of halogens is 2. The number of methoxy groups -OCH3 is 2. The van der Waals surface area contributed by atoms with Gasteiger partial charge >= 0.3 is 0 Å². The Labute approximate surface area is 226 Å². The largest absolute Gasteiger partial charge is 0.493 e. The molecule has 0 radical (unpaired) electrons. The number of anilines is 1. The van der Waals surface area contributed by atoms with Crippen LogP contribution in [0.1, 0.15) is 36.1 Å². The molecule has 0 unspecified atom stereocenters. The van der Waals surface area contributed by atoms with Gasteiger partial charge in [0.05, 0.1) is 32.3 Å². The molecule has 5 nitrogen and oxygen atoms in total. The molecule has 1 fully saturated rings. The van der Waals surface area contributed by atoms with Crippen LogP contribution in [0.3, 0.4) is 0 Å². The lowest BCUT2D eigenvalue weighted by atomic mass is 9.78. The first-order valence-electron chi connectivity index (χ1n) is 12.7. The maximum Gasteiger partial charge on any atom is 0.233 e. The van der Waals surface area contributed by atoms with Crippen LogP contribution in [0.4, 0.5) is 14.5 Å². The van der Waals surface area contributed by atoms with Gasteiger partial charge in [-0.15, -0.1) is 0 Å². The van der Waals surface area contributed by atoms with E-state index in [4.69, 9.17) is 9.47 Å². The summed E-state index contributed by atoms with van der Waals surface area (Å²) in [5.41, 5.74) is 3.94. The predicted molar refractivity (Wildman–Crippen MR) is 146 cm³/mol. The third-order valence-corrected chi connectivity index (χ3v) is 7.29. The van der Waals surface area contributed by atoms with E-state index >= 15 is 0 Å². The van der Waals surface area contributed by atoms with Crippen molar-refractivity contribution in [1.29, 1.82) is 0 Å². The number of nitrogens with zero attached hydrogens (tertiary/aromatic N) is 1. The number of hydrogen-bond donors (Lipinski definition) is 1. The van der Waals surface area contributed by atoms with Crippen molar-refractivity contribution in [3.05, 3.63) is 114 Å². The second-order valence-electron chi connectivity index (χ2n) is 9.54. The maximum absolute atomic E-state index is 13.6. The minimum Gasteiger partial charge on any atom is -0.493 e. The van der Waals surface area contributed by atoms with Crippen molar-refractivity contribution in [2.24, 2.45) is 5.92 Å². The van der Waals surface area contributed by atoms with Gasteiger partial charge in [-0.05, 0) is 72.0 Å². The topological polar surface area (TPSA) is 59.0 Å². The first kappa shape index (κ1) is 26.4. The van der Waals surface area contributed by atoms with Crippen LogP contribution in [0.25, 0.3) is 11.1 Å². The van der Waals surface area contributed by atoms with Crippen molar-refractivity contribution >= 4 is 11.6 Å². The summed E-state index contributed by atoms with van der Waals surface area (Å²) in [6, 6.07) is 24.9. The third kappa shape index (κ3) is 5.22. The zero-order valence-corrected chi connectivity index (χ0v) is 21.7. The van der Waals surface area contributed by atoms with E-state index in [0.717, 1.165) is 16.7 Å². The van der Waals surface area contributed by atoms with Crippen LogP contribution < -0.4 is 14.4 Å². The van der Waals surface area contributed by atoms with Crippen molar-refractivity contribution in [2.75, 3.05) is 19.1 Å². The summed E-state index contributed by atoms with van der Waals surface area (Å²) in [7, 11) is 3.19. The molecule has 7 heteroatoms. The van der Waals surface area contributed by atoms with Crippen molar-refractivity contribution in [1.82, 2.24) is 0 Å². The van der Waals surface area contributed by atoms with E-state index in [1.807, 2.05) is 42.5 Å². The van der Waals surface area contributed by atoms with Gasteiger partial charge in [0.2, 0.25) is 5.91 Å². The number of para-hydroxylation sites is 1. The van der Waals surface area contributed by atoms with Gasteiger partial charge in [0.1, 0.15) is 11.6 Å². The minimum absolute atomic E-state index is 0.0866. The molecule has 0 bridgehead atoms. The molecule has 1 aliphatic heterocycles. The molecule has 3 atom stereocenters. The first-order chi connectivity index (χ1) is 18.9. The van der Waals surface area contributed by atoms with Gasteiger partial charge < -0.3 is 19.5 Å². The molecule has 5 rings (SSSR count).